The molecule has 1 N–H and O–H groups in total. The zero-order chi connectivity index (χ0) is 15.4. The lowest BCUT2D eigenvalue weighted by Gasteiger charge is -2.38. The summed E-state index contributed by atoms with van der Waals surface area (Å²) < 4.78 is 5.71. The number of hydrogen-bond donors (Lipinski definition) is 1. The number of benzene rings is 1. The molecule has 1 saturated heterocycles. The maximum Gasteiger partial charge on any atom is 0.237 e. The second kappa shape index (κ2) is 7.05. The third kappa shape index (κ3) is 4.55. The van der Waals surface area contributed by atoms with Gasteiger partial charge in [-0.3, -0.25) is 9.69 Å². The summed E-state index contributed by atoms with van der Waals surface area (Å²) in [6, 6.07) is 8.12. The van der Waals surface area contributed by atoms with Gasteiger partial charge in [-0.15, -0.1) is 0 Å². The normalized spacial score (nSPS) is 24.6. The molecule has 4 heteroatoms. The third-order valence-electron chi connectivity index (χ3n) is 3.96. The Balaban J connectivity index is 1.86. The van der Waals surface area contributed by atoms with Crippen LogP contribution in [0.1, 0.15) is 31.9 Å². The van der Waals surface area contributed by atoms with Crippen LogP contribution in [0.15, 0.2) is 24.3 Å². The standard InChI is InChI=1S/C17H26N2O2/c1-12-5-7-16(8-6-12)9-18-17(20)15(4)19-10-13(2)21-14(3)11-19/h5-8,13-15H,9-11H2,1-4H3,(H,18,20)/t13-,14+,15-/m0/s1. The lowest BCUT2D eigenvalue weighted by atomic mass is 10.1. The van der Waals surface area contributed by atoms with Crippen molar-refractivity contribution in [1.82, 2.24) is 10.2 Å². The Bertz CT molecular complexity index is 462. The molecule has 1 heterocycles. The zero-order valence-electron chi connectivity index (χ0n) is 13.4. The molecule has 0 saturated carbocycles. The van der Waals surface area contributed by atoms with Crippen LogP contribution in [0, 0.1) is 6.92 Å². The molecule has 1 aromatic carbocycles. The van der Waals surface area contributed by atoms with Gasteiger partial charge in [0.15, 0.2) is 0 Å². The van der Waals surface area contributed by atoms with Crippen LogP contribution in [-0.2, 0) is 16.1 Å². The highest BCUT2D eigenvalue weighted by Crippen LogP contribution is 2.13. The maximum absolute atomic E-state index is 12.3. The molecular formula is C17H26N2O2. The van der Waals surface area contributed by atoms with E-state index in [0.717, 1.165) is 18.7 Å². The Kier molecular flexibility index (Phi) is 5.37. The molecular weight excluding hydrogens is 264 g/mol. The molecule has 1 aliphatic rings. The highest BCUT2D eigenvalue weighted by Gasteiger charge is 2.28. The summed E-state index contributed by atoms with van der Waals surface area (Å²) in [5.41, 5.74) is 2.36. The van der Waals surface area contributed by atoms with Gasteiger partial charge in [-0.05, 0) is 33.3 Å². The summed E-state index contributed by atoms with van der Waals surface area (Å²) >= 11 is 0. The molecule has 0 aliphatic carbocycles. The largest absolute Gasteiger partial charge is 0.373 e. The van der Waals surface area contributed by atoms with Gasteiger partial charge in [-0.1, -0.05) is 29.8 Å². The molecule has 0 bridgehead atoms. The van der Waals surface area contributed by atoms with Gasteiger partial charge in [0.25, 0.3) is 0 Å². The van der Waals surface area contributed by atoms with Crippen molar-refractivity contribution >= 4 is 5.91 Å². The van der Waals surface area contributed by atoms with Crippen LogP contribution in [0.25, 0.3) is 0 Å². The van der Waals surface area contributed by atoms with Gasteiger partial charge in [0.1, 0.15) is 0 Å². The highest BCUT2D eigenvalue weighted by molar-refractivity contribution is 5.81. The Morgan fingerprint density at radius 2 is 1.86 bits per heavy atom. The summed E-state index contributed by atoms with van der Waals surface area (Å²) in [5.74, 6) is 0.0804. The minimum Gasteiger partial charge on any atom is -0.373 e. The lowest BCUT2D eigenvalue weighted by molar-refractivity contribution is -0.131. The van der Waals surface area contributed by atoms with Gasteiger partial charge in [0, 0.05) is 19.6 Å². The zero-order valence-corrected chi connectivity index (χ0v) is 13.4. The Hall–Kier alpha value is -1.39. The number of amides is 1. The van der Waals surface area contributed by atoms with E-state index < -0.39 is 0 Å². The average Bonchev–Trinajstić information content (AvgIpc) is 2.44. The van der Waals surface area contributed by atoms with Crippen LogP contribution >= 0.6 is 0 Å². The number of ether oxygens (including phenoxy) is 1. The molecule has 4 nitrogen and oxygen atoms in total. The molecule has 0 aromatic heterocycles. The first-order chi connectivity index (χ1) is 9.95. The predicted molar refractivity (Wildman–Crippen MR) is 84.1 cm³/mol. The van der Waals surface area contributed by atoms with Crippen LogP contribution in [0.5, 0.6) is 0 Å². The molecule has 1 fully saturated rings. The van der Waals surface area contributed by atoms with Gasteiger partial charge in [0.05, 0.1) is 18.2 Å². The number of nitrogens with one attached hydrogen (secondary N) is 1. The van der Waals surface area contributed by atoms with Crippen molar-refractivity contribution in [1.29, 1.82) is 0 Å². The smallest absolute Gasteiger partial charge is 0.237 e. The summed E-state index contributed by atoms with van der Waals surface area (Å²) in [6.45, 7) is 10.3. The summed E-state index contributed by atoms with van der Waals surface area (Å²) in [5, 5.41) is 3.02. The van der Waals surface area contributed by atoms with Crippen LogP contribution in [0.4, 0.5) is 0 Å². The van der Waals surface area contributed by atoms with E-state index in [1.54, 1.807) is 0 Å². The maximum atomic E-state index is 12.3. The van der Waals surface area contributed by atoms with Crippen molar-refractivity contribution in [3.63, 3.8) is 0 Å². The first kappa shape index (κ1) is 16.0. The summed E-state index contributed by atoms with van der Waals surface area (Å²) in [7, 11) is 0. The predicted octanol–water partition coefficient (Wildman–Crippen LogP) is 2.11. The van der Waals surface area contributed by atoms with E-state index in [9.17, 15) is 4.79 Å². The van der Waals surface area contributed by atoms with Crippen molar-refractivity contribution in [2.24, 2.45) is 0 Å². The SMILES string of the molecule is Cc1ccc(CNC(=O)[C@H](C)N2C[C@@H](C)O[C@@H](C)C2)cc1. The first-order valence-corrected chi connectivity index (χ1v) is 7.68. The average molecular weight is 290 g/mol. The molecule has 2 rings (SSSR count). The topological polar surface area (TPSA) is 41.6 Å². The monoisotopic (exact) mass is 290 g/mol. The first-order valence-electron chi connectivity index (χ1n) is 7.68. The number of aryl methyl sites for hydroxylation is 1. The number of carbonyl (C=O) groups is 1. The highest BCUT2D eigenvalue weighted by atomic mass is 16.5. The Labute approximate surface area is 127 Å². The molecule has 1 aliphatic heterocycles. The van der Waals surface area contributed by atoms with Crippen molar-refractivity contribution in [3.8, 4) is 0 Å². The third-order valence-corrected chi connectivity index (χ3v) is 3.96. The van der Waals surface area contributed by atoms with Gasteiger partial charge >= 0.3 is 0 Å². The van der Waals surface area contributed by atoms with E-state index in [1.165, 1.54) is 5.56 Å². The van der Waals surface area contributed by atoms with Gasteiger partial charge < -0.3 is 10.1 Å². The quantitative estimate of drug-likeness (QED) is 0.923. The molecule has 0 spiro atoms. The van der Waals surface area contributed by atoms with Crippen molar-refractivity contribution in [2.75, 3.05) is 13.1 Å². The van der Waals surface area contributed by atoms with E-state index in [0.29, 0.717) is 6.54 Å². The van der Waals surface area contributed by atoms with Gasteiger partial charge in [-0.2, -0.15) is 0 Å². The number of morpholine rings is 1. The van der Waals surface area contributed by atoms with Crippen LogP contribution in [0.2, 0.25) is 0 Å². The van der Waals surface area contributed by atoms with Gasteiger partial charge in [0.2, 0.25) is 5.91 Å². The minimum atomic E-state index is -0.121. The molecule has 116 valence electrons. The fourth-order valence-electron chi connectivity index (χ4n) is 2.74. The Morgan fingerprint density at radius 1 is 1.29 bits per heavy atom. The van der Waals surface area contributed by atoms with Gasteiger partial charge in [-0.25, -0.2) is 0 Å². The molecule has 0 radical (unpaired) electrons. The fraction of sp³-hybridized carbons (Fsp3) is 0.588. The molecule has 3 atom stereocenters. The Morgan fingerprint density at radius 3 is 2.43 bits per heavy atom. The van der Waals surface area contributed by atoms with Crippen molar-refractivity contribution in [2.45, 2.75) is 52.5 Å². The molecule has 0 unspecified atom stereocenters. The van der Waals surface area contributed by atoms with E-state index in [2.05, 4.69) is 55.3 Å². The minimum absolute atomic E-state index is 0.0804. The molecule has 1 aromatic rings. The van der Waals surface area contributed by atoms with E-state index >= 15 is 0 Å². The number of carbonyl (C=O) groups excluding carboxylic acids is 1. The lowest BCUT2D eigenvalue weighted by Crippen LogP contribution is -2.53. The summed E-state index contributed by atoms with van der Waals surface area (Å²) in [4.78, 5) is 14.5. The molecule has 21 heavy (non-hydrogen) atoms. The van der Waals surface area contributed by atoms with E-state index in [1.807, 2.05) is 6.92 Å². The number of rotatable bonds is 4. The van der Waals surface area contributed by atoms with Crippen LogP contribution in [-0.4, -0.2) is 42.1 Å². The van der Waals surface area contributed by atoms with Crippen molar-refractivity contribution in [3.05, 3.63) is 35.4 Å². The van der Waals surface area contributed by atoms with Crippen molar-refractivity contribution < 1.29 is 9.53 Å². The second-order valence-electron chi connectivity index (χ2n) is 6.09. The number of hydrogen-bond acceptors (Lipinski definition) is 3. The van der Waals surface area contributed by atoms with Crippen LogP contribution < -0.4 is 5.32 Å². The summed E-state index contributed by atoms with van der Waals surface area (Å²) in [6.07, 6.45) is 0.363. The van der Waals surface area contributed by atoms with E-state index in [4.69, 9.17) is 4.74 Å². The fourth-order valence-corrected chi connectivity index (χ4v) is 2.74. The number of nitrogens with zero attached hydrogens (tertiary/aromatic N) is 1. The van der Waals surface area contributed by atoms with Crippen LogP contribution in [0.3, 0.4) is 0 Å². The van der Waals surface area contributed by atoms with E-state index in [-0.39, 0.29) is 24.2 Å². The second-order valence-corrected chi connectivity index (χ2v) is 6.09. The molecule has 1 amide bonds.